The first-order valence-corrected chi connectivity index (χ1v) is 4.75. The van der Waals surface area contributed by atoms with Crippen LogP contribution in [0.2, 0.25) is 5.02 Å². The van der Waals surface area contributed by atoms with Crippen molar-refractivity contribution in [2.24, 2.45) is 0 Å². The highest BCUT2D eigenvalue weighted by atomic mass is 35.5. The van der Waals surface area contributed by atoms with E-state index in [-0.39, 0.29) is 6.04 Å². The standard InChI is InChI=1S/C10H10ClN3/c1-8(14-7-12-6-13-14)9-2-4-10(11)5-3-9/h2-8H,1H3. The molecular formula is C10H10ClN3. The van der Waals surface area contributed by atoms with Crippen LogP contribution in [0.15, 0.2) is 36.9 Å². The van der Waals surface area contributed by atoms with Gasteiger partial charge in [0.15, 0.2) is 0 Å². The van der Waals surface area contributed by atoms with E-state index >= 15 is 0 Å². The molecule has 0 amide bonds. The summed E-state index contributed by atoms with van der Waals surface area (Å²) < 4.78 is 1.81. The first kappa shape index (κ1) is 9.21. The Hall–Kier alpha value is -1.35. The Morgan fingerprint density at radius 1 is 1.29 bits per heavy atom. The first-order chi connectivity index (χ1) is 6.77. The van der Waals surface area contributed by atoms with Crippen molar-refractivity contribution in [3.05, 3.63) is 47.5 Å². The summed E-state index contributed by atoms with van der Waals surface area (Å²) in [7, 11) is 0. The topological polar surface area (TPSA) is 30.7 Å². The summed E-state index contributed by atoms with van der Waals surface area (Å²) in [4.78, 5) is 3.91. The molecule has 2 aromatic rings. The minimum atomic E-state index is 0.190. The number of aromatic nitrogens is 3. The van der Waals surface area contributed by atoms with Crippen molar-refractivity contribution in [1.82, 2.24) is 14.8 Å². The Balaban J connectivity index is 2.28. The van der Waals surface area contributed by atoms with Crippen LogP contribution in [0.1, 0.15) is 18.5 Å². The molecule has 0 fully saturated rings. The molecule has 0 saturated heterocycles. The molecular weight excluding hydrogens is 198 g/mol. The lowest BCUT2D eigenvalue weighted by Gasteiger charge is -2.11. The summed E-state index contributed by atoms with van der Waals surface area (Å²) in [5, 5.41) is 4.84. The van der Waals surface area contributed by atoms with E-state index < -0.39 is 0 Å². The van der Waals surface area contributed by atoms with Gasteiger partial charge in [0.2, 0.25) is 0 Å². The zero-order chi connectivity index (χ0) is 9.97. The maximum Gasteiger partial charge on any atom is 0.137 e. The fourth-order valence-corrected chi connectivity index (χ4v) is 1.44. The number of rotatable bonds is 2. The van der Waals surface area contributed by atoms with Crippen molar-refractivity contribution in [2.45, 2.75) is 13.0 Å². The van der Waals surface area contributed by atoms with Crippen LogP contribution in [-0.4, -0.2) is 14.8 Å². The predicted octanol–water partition coefficient (Wildman–Crippen LogP) is 2.54. The van der Waals surface area contributed by atoms with Crippen molar-refractivity contribution in [3.8, 4) is 0 Å². The van der Waals surface area contributed by atoms with E-state index in [4.69, 9.17) is 11.6 Å². The van der Waals surface area contributed by atoms with Gasteiger partial charge in [0.25, 0.3) is 0 Å². The quantitative estimate of drug-likeness (QED) is 0.758. The van der Waals surface area contributed by atoms with Crippen LogP contribution >= 0.6 is 11.6 Å². The first-order valence-electron chi connectivity index (χ1n) is 4.37. The summed E-state index contributed by atoms with van der Waals surface area (Å²) in [6, 6.07) is 7.94. The molecule has 72 valence electrons. The summed E-state index contributed by atoms with van der Waals surface area (Å²) in [5.74, 6) is 0. The second-order valence-electron chi connectivity index (χ2n) is 3.10. The molecule has 0 spiro atoms. The third-order valence-corrected chi connectivity index (χ3v) is 2.44. The van der Waals surface area contributed by atoms with Gasteiger partial charge in [0, 0.05) is 5.02 Å². The molecule has 0 radical (unpaired) electrons. The van der Waals surface area contributed by atoms with Crippen molar-refractivity contribution in [2.75, 3.05) is 0 Å². The van der Waals surface area contributed by atoms with Crippen LogP contribution in [-0.2, 0) is 0 Å². The molecule has 3 nitrogen and oxygen atoms in total. The molecule has 14 heavy (non-hydrogen) atoms. The molecule has 0 N–H and O–H groups in total. The van der Waals surface area contributed by atoms with Crippen LogP contribution in [0.3, 0.4) is 0 Å². The van der Waals surface area contributed by atoms with Crippen LogP contribution in [0.25, 0.3) is 0 Å². The Morgan fingerprint density at radius 3 is 2.57 bits per heavy atom. The molecule has 1 heterocycles. The predicted molar refractivity (Wildman–Crippen MR) is 55.3 cm³/mol. The molecule has 1 aromatic heterocycles. The van der Waals surface area contributed by atoms with Gasteiger partial charge in [-0.1, -0.05) is 23.7 Å². The third-order valence-electron chi connectivity index (χ3n) is 2.19. The zero-order valence-corrected chi connectivity index (χ0v) is 8.52. The van der Waals surface area contributed by atoms with Crippen LogP contribution in [0.4, 0.5) is 0 Å². The molecule has 4 heteroatoms. The Bertz CT molecular complexity index is 394. The lowest BCUT2D eigenvalue weighted by atomic mass is 10.1. The van der Waals surface area contributed by atoms with Crippen molar-refractivity contribution >= 4 is 11.6 Å². The highest BCUT2D eigenvalue weighted by Gasteiger charge is 2.06. The largest absolute Gasteiger partial charge is 0.246 e. The van der Waals surface area contributed by atoms with E-state index in [2.05, 4.69) is 17.0 Å². The van der Waals surface area contributed by atoms with Gasteiger partial charge in [-0.2, -0.15) is 5.10 Å². The van der Waals surface area contributed by atoms with E-state index in [1.165, 1.54) is 11.9 Å². The minimum Gasteiger partial charge on any atom is -0.246 e. The lowest BCUT2D eigenvalue weighted by molar-refractivity contribution is 0.563. The molecule has 0 saturated carbocycles. The van der Waals surface area contributed by atoms with E-state index in [1.807, 2.05) is 28.9 Å². The van der Waals surface area contributed by atoms with Gasteiger partial charge < -0.3 is 0 Å². The molecule has 1 atom stereocenters. The Morgan fingerprint density at radius 2 is 2.00 bits per heavy atom. The monoisotopic (exact) mass is 207 g/mol. The number of hydrogen-bond donors (Lipinski definition) is 0. The second-order valence-corrected chi connectivity index (χ2v) is 3.54. The number of hydrogen-bond acceptors (Lipinski definition) is 2. The summed E-state index contributed by atoms with van der Waals surface area (Å²) in [6.45, 7) is 2.07. The van der Waals surface area contributed by atoms with Crippen molar-refractivity contribution in [1.29, 1.82) is 0 Å². The van der Waals surface area contributed by atoms with Gasteiger partial charge in [-0.3, -0.25) is 0 Å². The van der Waals surface area contributed by atoms with Crippen LogP contribution < -0.4 is 0 Å². The molecule has 0 aliphatic heterocycles. The average Bonchev–Trinajstić information content (AvgIpc) is 2.71. The van der Waals surface area contributed by atoms with E-state index in [9.17, 15) is 0 Å². The number of nitrogens with zero attached hydrogens (tertiary/aromatic N) is 3. The second kappa shape index (κ2) is 3.80. The van der Waals surface area contributed by atoms with Gasteiger partial charge in [-0.25, -0.2) is 9.67 Å². The van der Waals surface area contributed by atoms with Gasteiger partial charge in [0.1, 0.15) is 12.7 Å². The third kappa shape index (κ3) is 1.77. The van der Waals surface area contributed by atoms with E-state index in [0.717, 1.165) is 5.02 Å². The van der Waals surface area contributed by atoms with Gasteiger partial charge in [-0.05, 0) is 24.6 Å². The van der Waals surface area contributed by atoms with Gasteiger partial charge in [-0.15, -0.1) is 0 Å². The van der Waals surface area contributed by atoms with Gasteiger partial charge >= 0.3 is 0 Å². The maximum absolute atomic E-state index is 5.81. The van der Waals surface area contributed by atoms with Crippen LogP contribution in [0, 0.1) is 0 Å². The lowest BCUT2D eigenvalue weighted by Crippen LogP contribution is -2.06. The molecule has 0 aliphatic rings. The summed E-state index contributed by atoms with van der Waals surface area (Å²) in [5.41, 5.74) is 1.17. The normalized spacial score (nSPS) is 12.7. The average molecular weight is 208 g/mol. The fourth-order valence-electron chi connectivity index (χ4n) is 1.31. The number of halogens is 1. The van der Waals surface area contributed by atoms with E-state index in [1.54, 1.807) is 6.33 Å². The molecule has 1 unspecified atom stereocenters. The fraction of sp³-hybridized carbons (Fsp3) is 0.200. The number of benzene rings is 1. The van der Waals surface area contributed by atoms with Crippen molar-refractivity contribution < 1.29 is 0 Å². The SMILES string of the molecule is CC(c1ccc(Cl)cc1)n1cncn1. The molecule has 0 bridgehead atoms. The highest BCUT2D eigenvalue weighted by molar-refractivity contribution is 6.30. The maximum atomic E-state index is 5.81. The van der Waals surface area contributed by atoms with Crippen molar-refractivity contribution in [3.63, 3.8) is 0 Å². The Labute approximate surface area is 87.3 Å². The summed E-state index contributed by atoms with van der Waals surface area (Å²) >= 11 is 5.81. The molecule has 1 aromatic carbocycles. The van der Waals surface area contributed by atoms with Crippen LogP contribution in [0.5, 0.6) is 0 Å². The zero-order valence-electron chi connectivity index (χ0n) is 7.76. The highest BCUT2D eigenvalue weighted by Crippen LogP contribution is 2.18. The minimum absolute atomic E-state index is 0.190. The van der Waals surface area contributed by atoms with E-state index in [0.29, 0.717) is 0 Å². The van der Waals surface area contributed by atoms with Gasteiger partial charge in [0.05, 0.1) is 6.04 Å². The molecule has 2 rings (SSSR count). The smallest absolute Gasteiger partial charge is 0.137 e. The Kier molecular flexibility index (Phi) is 2.50. The summed E-state index contributed by atoms with van der Waals surface area (Å²) in [6.07, 6.45) is 3.24. The molecule has 0 aliphatic carbocycles.